The van der Waals surface area contributed by atoms with Gasteiger partial charge >= 0.3 is 0 Å². The van der Waals surface area contributed by atoms with Crippen molar-refractivity contribution in [3.8, 4) is 0 Å². The lowest BCUT2D eigenvalue weighted by atomic mass is 10.0. The Morgan fingerprint density at radius 2 is 2.08 bits per heavy atom. The number of benzene rings is 1. The summed E-state index contributed by atoms with van der Waals surface area (Å²) in [5.41, 5.74) is 8.90. The zero-order valence-electron chi connectivity index (χ0n) is 15.1. The number of nitrogens with two attached hydrogens (primary N) is 1. The molecule has 5 heteroatoms. The molecule has 1 aliphatic rings. The molecule has 0 aromatic heterocycles. The minimum atomic E-state index is -0.307. The second-order valence-corrected chi connectivity index (χ2v) is 7.20. The molecule has 132 valence electrons. The molecule has 1 aliphatic heterocycles. The van der Waals surface area contributed by atoms with Crippen molar-refractivity contribution in [3.63, 3.8) is 0 Å². The van der Waals surface area contributed by atoms with E-state index < -0.39 is 0 Å². The molecular formula is C19H29N3O2. The van der Waals surface area contributed by atoms with Gasteiger partial charge in [0.05, 0.1) is 5.92 Å². The lowest BCUT2D eigenvalue weighted by molar-refractivity contribution is -0.127. The van der Waals surface area contributed by atoms with Crippen LogP contribution in [0.3, 0.4) is 0 Å². The smallest absolute Gasteiger partial charge is 0.227 e. The number of nitrogens with zero attached hydrogens (tertiary/aromatic N) is 1. The average molecular weight is 331 g/mol. The fourth-order valence-corrected chi connectivity index (χ4v) is 3.25. The predicted octanol–water partition coefficient (Wildman–Crippen LogP) is 2.15. The molecule has 2 rings (SSSR count). The molecule has 1 heterocycles. The van der Waals surface area contributed by atoms with E-state index in [1.165, 1.54) is 0 Å². The summed E-state index contributed by atoms with van der Waals surface area (Å²) < 4.78 is 0. The van der Waals surface area contributed by atoms with Gasteiger partial charge in [-0.15, -0.1) is 0 Å². The maximum Gasteiger partial charge on any atom is 0.227 e. The van der Waals surface area contributed by atoms with E-state index in [9.17, 15) is 9.59 Å². The quantitative estimate of drug-likeness (QED) is 0.838. The topological polar surface area (TPSA) is 75.4 Å². The molecule has 2 unspecified atom stereocenters. The molecule has 1 fully saturated rings. The molecule has 0 saturated carbocycles. The minimum absolute atomic E-state index is 0.0111. The van der Waals surface area contributed by atoms with E-state index in [2.05, 4.69) is 19.2 Å². The van der Waals surface area contributed by atoms with Gasteiger partial charge in [0.2, 0.25) is 11.8 Å². The monoisotopic (exact) mass is 331 g/mol. The van der Waals surface area contributed by atoms with Crippen molar-refractivity contribution in [3.05, 3.63) is 29.3 Å². The standard InChI is InChI=1S/C19H29N3O2/c1-12(2)8-16(10-20)21-19(24)15-9-18(23)22(11-15)17-7-5-6-13(3)14(17)4/h5-7,12,15-16H,8-11,20H2,1-4H3,(H,21,24). The Kier molecular flexibility index (Phi) is 5.99. The van der Waals surface area contributed by atoms with Crippen LogP contribution in [-0.4, -0.2) is 30.9 Å². The predicted molar refractivity (Wildman–Crippen MR) is 96.8 cm³/mol. The number of carbonyl (C=O) groups is 2. The van der Waals surface area contributed by atoms with E-state index in [0.29, 0.717) is 19.0 Å². The first-order valence-corrected chi connectivity index (χ1v) is 8.70. The number of hydrogen-bond donors (Lipinski definition) is 2. The second kappa shape index (κ2) is 7.79. The van der Waals surface area contributed by atoms with Crippen LogP contribution in [0.1, 0.15) is 37.8 Å². The van der Waals surface area contributed by atoms with Gasteiger partial charge in [-0.05, 0) is 43.4 Å². The molecule has 0 aliphatic carbocycles. The Labute approximate surface area is 144 Å². The van der Waals surface area contributed by atoms with Crippen molar-refractivity contribution < 1.29 is 9.59 Å². The van der Waals surface area contributed by atoms with Gasteiger partial charge in [-0.25, -0.2) is 0 Å². The summed E-state index contributed by atoms with van der Waals surface area (Å²) in [5, 5.41) is 3.02. The highest BCUT2D eigenvalue weighted by atomic mass is 16.2. The van der Waals surface area contributed by atoms with Gasteiger partial charge in [-0.2, -0.15) is 0 Å². The average Bonchev–Trinajstić information content (AvgIpc) is 2.90. The zero-order valence-corrected chi connectivity index (χ0v) is 15.1. The van der Waals surface area contributed by atoms with E-state index >= 15 is 0 Å². The van der Waals surface area contributed by atoms with Crippen molar-refractivity contribution in [1.29, 1.82) is 0 Å². The Bertz CT molecular complexity index is 613. The lowest BCUT2D eigenvalue weighted by Crippen LogP contribution is -2.44. The van der Waals surface area contributed by atoms with Crippen molar-refractivity contribution in [2.24, 2.45) is 17.6 Å². The molecule has 2 atom stereocenters. The molecule has 1 saturated heterocycles. The van der Waals surface area contributed by atoms with Crippen molar-refractivity contribution in [2.45, 2.75) is 46.6 Å². The molecule has 5 nitrogen and oxygen atoms in total. The highest BCUT2D eigenvalue weighted by molar-refractivity contribution is 6.01. The highest BCUT2D eigenvalue weighted by Crippen LogP contribution is 2.29. The Balaban J connectivity index is 2.06. The first-order chi connectivity index (χ1) is 11.3. The van der Waals surface area contributed by atoms with Gasteiger partial charge in [0.15, 0.2) is 0 Å². The molecule has 0 radical (unpaired) electrons. The number of rotatable bonds is 6. The zero-order chi connectivity index (χ0) is 17.9. The second-order valence-electron chi connectivity index (χ2n) is 7.20. The SMILES string of the molecule is Cc1cccc(N2CC(C(=O)NC(CN)CC(C)C)CC2=O)c1C. The van der Waals surface area contributed by atoms with E-state index in [1.54, 1.807) is 4.90 Å². The fraction of sp³-hybridized carbons (Fsp3) is 0.579. The van der Waals surface area contributed by atoms with Crippen molar-refractivity contribution >= 4 is 17.5 Å². The molecule has 0 bridgehead atoms. The number of aryl methyl sites for hydroxylation is 1. The Morgan fingerprint density at radius 1 is 1.38 bits per heavy atom. The Morgan fingerprint density at radius 3 is 2.71 bits per heavy atom. The molecule has 1 aromatic carbocycles. The third-order valence-corrected chi connectivity index (χ3v) is 4.75. The van der Waals surface area contributed by atoms with E-state index in [4.69, 9.17) is 5.73 Å². The summed E-state index contributed by atoms with van der Waals surface area (Å²) in [4.78, 5) is 26.7. The van der Waals surface area contributed by atoms with Gasteiger partial charge in [0.1, 0.15) is 0 Å². The highest BCUT2D eigenvalue weighted by Gasteiger charge is 2.36. The summed E-state index contributed by atoms with van der Waals surface area (Å²) >= 11 is 0. The summed E-state index contributed by atoms with van der Waals surface area (Å²) in [5.74, 6) is 0.110. The molecule has 2 amide bonds. The maximum absolute atomic E-state index is 12.5. The third kappa shape index (κ3) is 4.15. The van der Waals surface area contributed by atoms with Crippen molar-refractivity contribution in [1.82, 2.24) is 5.32 Å². The van der Waals surface area contributed by atoms with E-state index in [1.807, 2.05) is 32.0 Å². The summed E-state index contributed by atoms with van der Waals surface area (Å²) in [6, 6.07) is 5.90. The van der Waals surface area contributed by atoms with Crippen LogP contribution in [0.2, 0.25) is 0 Å². The summed E-state index contributed by atoms with van der Waals surface area (Å²) in [6.45, 7) is 9.12. The van der Waals surface area contributed by atoms with Crippen LogP contribution >= 0.6 is 0 Å². The van der Waals surface area contributed by atoms with Crippen LogP contribution in [0, 0.1) is 25.7 Å². The number of anilines is 1. The number of amides is 2. The normalized spacial score (nSPS) is 19.0. The fourth-order valence-electron chi connectivity index (χ4n) is 3.25. The van der Waals surface area contributed by atoms with Gasteiger partial charge < -0.3 is 16.0 Å². The largest absolute Gasteiger partial charge is 0.352 e. The first kappa shape index (κ1) is 18.5. The lowest BCUT2D eigenvalue weighted by Gasteiger charge is -2.22. The van der Waals surface area contributed by atoms with Crippen LogP contribution in [0.5, 0.6) is 0 Å². The third-order valence-electron chi connectivity index (χ3n) is 4.75. The first-order valence-electron chi connectivity index (χ1n) is 8.70. The Hall–Kier alpha value is -1.88. The molecule has 1 aromatic rings. The molecular weight excluding hydrogens is 302 g/mol. The van der Waals surface area contributed by atoms with E-state index in [-0.39, 0.29) is 30.2 Å². The van der Waals surface area contributed by atoms with Gasteiger partial charge in [0, 0.05) is 31.2 Å². The van der Waals surface area contributed by atoms with E-state index in [0.717, 1.165) is 23.2 Å². The van der Waals surface area contributed by atoms with Crippen LogP contribution in [-0.2, 0) is 9.59 Å². The molecule has 0 spiro atoms. The van der Waals surface area contributed by atoms with Gasteiger partial charge in [-0.1, -0.05) is 26.0 Å². The molecule has 24 heavy (non-hydrogen) atoms. The van der Waals surface area contributed by atoms with Gasteiger partial charge in [-0.3, -0.25) is 9.59 Å². The van der Waals surface area contributed by atoms with Crippen LogP contribution < -0.4 is 16.0 Å². The summed E-state index contributed by atoms with van der Waals surface area (Å²) in [7, 11) is 0. The van der Waals surface area contributed by atoms with Crippen molar-refractivity contribution in [2.75, 3.05) is 18.0 Å². The number of nitrogens with one attached hydrogen (secondary N) is 1. The number of hydrogen-bond acceptors (Lipinski definition) is 3. The maximum atomic E-state index is 12.5. The van der Waals surface area contributed by atoms with Crippen LogP contribution in [0.15, 0.2) is 18.2 Å². The summed E-state index contributed by atoms with van der Waals surface area (Å²) in [6.07, 6.45) is 1.11. The van der Waals surface area contributed by atoms with Gasteiger partial charge in [0.25, 0.3) is 0 Å². The van der Waals surface area contributed by atoms with Crippen LogP contribution in [0.25, 0.3) is 0 Å². The van der Waals surface area contributed by atoms with Crippen LogP contribution in [0.4, 0.5) is 5.69 Å². The molecule has 3 N–H and O–H groups in total. The minimum Gasteiger partial charge on any atom is -0.352 e. The number of carbonyl (C=O) groups excluding carboxylic acids is 2.